The highest BCUT2D eigenvalue weighted by Crippen LogP contribution is 2.39. The van der Waals surface area contributed by atoms with Crippen LogP contribution in [-0.2, 0) is 25.0 Å². The third-order valence-corrected chi connectivity index (χ3v) is 10.0. The first-order valence-electron chi connectivity index (χ1n) is 12.0. The summed E-state index contributed by atoms with van der Waals surface area (Å²) in [6, 6.07) is 7.70. The molecule has 2 aromatic heterocycles. The second-order valence-electron chi connectivity index (χ2n) is 9.61. The first kappa shape index (κ1) is 27.4. The molecule has 2 aliphatic heterocycles. The van der Waals surface area contributed by atoms with E-state index in [1.807, 2.05) is 13.0 Å². The Bertz CT molecular complexity index is 1600. The minimum absolute atomic E-state index is 0.0248. The summed E-state index contributed by atoms with van der Waals surface area (Å²) in [5.41, 5.74) is 0.430. The van der Waals surface area contributed by atoms with Gasteiger partial charge >= 0.3 is 5.97 Å². The molecule has 1 amide bonds. The fraction of sp³-hybridized carbons (Fsp3) is 0.308. The maximum absolute atomic E-state index is 14.8. The number of amides is 1. The minimum atomic E-state index is -4.15. The second-order valence-corrected chi connectivity index (χ2v) is 12.7. The maximum Gasteiger partial charge on any atom is 0.326 e. The number of nitrogens with zero attached hydrogens (tertiary/aromatic N) is 3. The number of carbonyl (C=O) groups is 2. The number of aliphatic carboxylic acids is 1. The van der Waals surface area contributed by atoms with Gasteiger partial charge in [-0.25, -0.2) is 17.6 Å². The number of hydrogen-bond donors (Lipinski definition) is 2. The Morgan fingerprint density at radius 2 is 1.87 bits per heavy atom. The molecular formula is C26H23Cl2FN4O5S. The van der Waals surface area contributed by atoms with Crippen molar-refractivity contribution < 1.29 is 27.5 Å². The van der Waals surface area contributed by atoms with Gasteiger partial charge in [-0.05, 0) is 67.8 Å². The van der Waals surface area contributed by atoms with Crippen molar-refractivity contribution in [2.45, 2.75) is 41.5 Å². The van der Waals surface area contributed by atoms with Crippen LogP contribution >= 0.6 is 23.2 Å². The first-order valence-corrected chi connectivity index (χ1v) is 14.3. The van der Waals surface area contributed by atoms with Crippen LogP contribution in [0.25, 0.3) is 11.1 Å². The molecule has 2 saturated heterocycles. The number of likely N-dealkylation sites (tertiary alicyclic amines) is 1. The van der Waals surface area contributed by atoms with Crippen LogP contribution in [0.15, 0.2) is 53.7 Å². The van der Waals surface area contributed by atoms with E-state index in [1.165, 1.54) is 18.3 Å². The zero-order valence-electron chi connectivity index (χ0n) is 20.6. The predicted octanol–water partition coefficient (Wildman–Crippen LogP) is 3.61. The van der Waals surface area contributed by atoms with E-state index >= 15 is 0 Å². The van der Waals surface area contributed by atoms with Gasteiger partial charge in [0.05, 0.1) is 20.2 Å². The Hall–Kier alpha value is -3.12. The van der Waals surface area contributed by atoms with Crippen molar-refractivity contribution in [2.24, 2.45) is 0 Å². The molecule has 5 rings (SSSR count). The number of rotatable bonds is 6. The summed E-state index contributed by atoms with van der Waals surface area (Å²) in [5.74, 6) is -2.95. The van der Waals surface area contributed by atoms with E-state index < -0.39 is 50.9 Å². The minimum Gasteiger partial charge on any atom is -0.480 e. The highest BCUT2D eigenvalue weighted by atomic mass is 35.5. The molecule has 204 valence electrons. The summed E-state index contributed by atoms with van der Waals surface area (Å²) >= 11 is 12.2. The van der Waals surface area contributed by atoms with Crippen LogP contribution in [-0.4, -0.2) is 64.6 Å². The van der Waals surface area contributed by atoms with Crippen molar-refractivity contribution in [2.75, 3.05) is 13.1 Å². The molecule has 13 heteroatoms. The quantitative estimate of drug-likeness (QED) is 0.444. The summed E-state index contributed by atoms with van der Waals surface area (Å²) in [5, 5.41) is 11.6. The number of carboxylic acids is 1. The lowest BCUT2D eigenvalue weighted by Gasteiger charge is -2.44. The lowest BCUT2D eigenvalue weighted by molar-refractivity contribution is -0.153. The Morgan fingerprint density at radius 3 is 2.46 bits per heavy atom. The normalized spacial score (nSPS) is 22.9. The number of carboxylic acid groups (broad SMARTS) is 1. The molecule has 2 N–H and O–H groups in total. The van der Waals surface area contributed by atoms with Crippen molar-refractivity contribution in [1.82, 2.24) is 20.2 Å². The van der Waals surface area contributed by atoms with Crippen molar-refractivity contribution in [3.05, 3.63) is 76.0 Å². The molecule has 3 atom stereocenters. The molecule has 3 unspecified atom stereocenters. The van der Waals surface area contributed by atoms with Crippen LogP contribution in [0.4, 0.5) is 4.39 Å². The van der Waals surface area contributed by atoms with Crippen molar-refractivity contribution in [3.63, 3.8) is 0 Å². The lowest BCUT2D eigenvalue weighted by atomic mass is 9.82. The van der Waals surface area contributed by atoms with E-state index in [9.17, 15) is 27.5 Å². The van der Waals surface area contributed by atoms with Crippen LogP contribution in [0, 0.1) is 12.7 Å². The first-order chi connectivity index (χ1) is 18.4. The number of nitrogens with one attached hydrogen (secondary N) is 1. The average Bonchev–Trinajstić information content (AvgIpc) is 3.31. The molecule has 0 radical (unpaired) electrons. The zero-order valence-corrected chi connectivity index (χ0v) is 22.9. The SMILES string of the molecule is Cc1cc(-c2ccc(S(=O)(=O)C3CC(C(=O)O)N(C(=O)C4(c5ncc(Cl)cc5F)CCN4)C3)c(Cl)c2)ccn1. The lowest BCUT2D eigenvalue weighted by Crippen LogP contribution is -2.65. The van der Waals surface area contributed by atoms with E-state index in [0.29, 0.717) is 12.1 Å². The Labute approximate surface area is 233 Å². The van der Waals surface area contributed by atoms with Gasteiger partial charge in [-0.15, -0.1) is 0 Å². The largest absolute Gasteiger partial charge is 0.480 e. The number of aromatic nitrogens is 2. The van der Waals surface area contributed by atoms with E-state index in [4.69, 9.17) is 23.2 Å². The third kappa shape index (κ3) is 4.77. The Kier molecular flexibility index (Phi) is 7.13. The summed E-state index contributed by atoms with van der Waals surface area (Å²) < 4.78 is 42.1. The molecular weight excluding hydrogens is 570 g/mol. The average molecular weight is 593 g/mol. The number of sulfone groups is 1. The fourth-order valence-corrected chi connectivity index (χ4v) is 7.52. The van der Waals surface area contributed by atoms with Crippen LogP contribution < -0.4 is 5.32 Å². The van der Waals surface area contributed by atoms with Gasteiger partial charge in [0.1, 0.15) is 23.1 Å². The standard InChI is InChI=1S/C26H23Cl2FN4O5S/c1-14-8-16(4-6-30-14)15-2-3-22(19(28)9-15)39(37,38)18-11-21(24(34)35)33(13-18)25(36)26(5-7-32-26)23-20(29)10-17(27)12-31-23/h2-4,6,8-10,12,18,21,32H,5,7,11,13H2,1H3,(H,34,35). The van der Waals surface area contributed by atoms with Crippen LogP contribution in [0.5, 0.6) is 0 Å². The van der Waals surface area contributed by atoms with Gasteiger partial charge < -0.3 is 10.0 Å². The number of carbonyl (C=O) groups excluding carboxylic acids is 1. The smallest absolute Gasteiger partial charge is 0.326 e. The molecule has 1 aromatic carbocycles. The molecule has 39 heavy (non-hydrogen) atoms. The summed E-state index contributed by atoms with van der Waals surface area (Å²) in [6.45, 7) is 1.79. The molecule has 0 aliphatic carbocycles. The van der Waals surface area contributed by atoms with Gasteiger partial charge in [0.2, 0.25) is 5.91 Å². The Balaban J connectivity index is 1.46. The zero-order chi connectivity index (χ0) is 28.1. The second kappa shape index (κ2) is 10.1. The third-order valence-electron chi connectivity index (χ3n) is 7.22. The molecule has 9 nitrogen and oxygen atoms in total. The van der Waals surface area contributed by atoms with Crippen molar-refractivity contribution in [3.8, 4) is 11.1 Å². The molecule has 0 spiro atoms. The van der Waals surface area contributed by atoms with Gasteiger partial charge in [0.15, 0.2) is 9.84 Å². The number of aryl methyl sites for hydroxylation is 1. The van der Waals surface area contributed by atoms with Crippen LogP contribution in [0.2, 0.25) is 10.0 Å². The van der Waals surface area contributed by atoms with E-state index in [0.717, 1.165) is 22.2 Å². The molecule has 0 saturated carbocycles. The number of halogens is 3. The van der Waals surface area contributed by atoms with Crippen molar-refractivity contribution >= 4 is 44.9 Å². The highest BCUT2D eigenvalue weighted by Gasteiger charge is 2.55. The van der Waals surface area contributed by atoms with Crippen LogP contribution in [0.1, 0.15) is 24.2 Å². The molecule has 2 fully saturated rings. The number of benzene rings is 1. The van der Waals surface area contributed by atoms with Crippen molar-refractivity contribution in [1.29, 1.82) is 0 Å². The monoisotopic (exact) mass is 592 g/mol. The molecule has 0 bridgehead atoms. The predicted molar refractivity (Wildman–Crippen MR) is 142 cm³/mol. The van der Waals surface area contributed by atoms with Gasteiger partial charge in [-0.2, -0.15) is 0 Å². The maximum atomic E-state index is 14.8. The fourth-order valence-electron chi connectivity index (χ4n) is 5.13. The van der Waals surface area contributed by atoms with E-state index in [2.05, 4.69) is 15.3 Å². The van der Waals surface area contributed by atoms with Gasteiger partial charge in [0, 0.05) is 24.6 Å². The van der Waals surface area contributed by atoms with Gasteiger partial charge in [-0.3, -0.25) is 20.1 Å². The summed E-state index contributed by atoms with van der Waals surface area (Å²) in [6.07, 6.45) is 2.63. The molecule has 4 heterocycles. The van der Waals surface area contributed by atoms with Gasteiger partial charge in [-0.1, -0.05) is 29.3 Å². The molecule has 3 aromatic rings. The number of pyridine rings is 2. The Morgan fingerprint density at radius 1 is 1.15 bits per heavy atom. The summed E-state index contributed by atoms with van der Waals surface area (Å²) in [4.78, 5) is 34.9. The molecule has 2 aliphatic rings. The topological polar surface area (TPSA) is 130 Å². The van der Waals surface area contributed by atoms with E-state index in [-0.39, 0.29) is 33.5 Å². The number of hydrogen-bond acceptors (Lipinski definition) is 7. The summed E-state index contributed by atoms with van der Waals surface area (Å²) in [7, 11) is -4.15. The van der Waals surface area contributed by atoms with E-state index in [1.54, 1.807) is 18.3 Å². The highest BCUT2D eigenvalue weighted by molar-refractivity contribution is 7.92. The van der Waals surface area contributed by atoms with Gasteiger partial charge in [0.25, 0.3) is 0 Å². The van der Waals surface area contributed by atoms with Crippen LogP contribution in [0.3, 0.4) is 0 Å².